The molecule has 1 N–H and O–H groups in total. The normalized spacial score (nSPS) is 12.2. The first-order valence-electron chi connectivity index (χ1n) is 5.73. The highest BCUT2D eigenvalue weighted by molar-refractivity contribution is 6.29. The summed E-state index contributed by atoms with van der Waals surface area (Å²) < 4.78 is 5.35. The van der Waals surface area contributed by atoms with Gasteiger partial charge in [0.05, 0.1) is 6.61 Å². The summed E-state index contributed by atoms with van der Waals surface area (Å²) in [4.78, 5) is 3.89. The van der Waals surface area contributed by atoms with Crippen LogP contribution in [-0.4, -0.2) is 16.7 Å². The lowest BCUT2D eigenvalue weighted by Crippen LogP contribution is -2.00. The minimum atomic E-state index is -0.707. The highest BCUT2D eigenvalue weighted by Gasteiger charge is 2.11. The van der Waals surface area contributed by atoms with Crippen LogP contribution in [0.25, 0.3) is 0 Å². The molecule has 2 rings (SSSR count). The van der Waals surface area contributed by atoms with Gasteiger partial charge in [0.1, 0.15) is 17.0 Å². The second kappa shape index (κ2) is 5.85. The molecule has 0 radical (unpaired) electrons. The summed E-state index contributed by atoms with van der Waals surface area (Å²) in [6.07, 6.45) is 0.872. The standard InChI is InChI=1S/C14H14ClNO2/c1-2-18-12-5-3-10(4-6-12)14(17)11-7-8-16-13(15)9-11/h3-9,14,17H,2H2,1H3. The van der Waals surface area contributed by atoms with E-state index < -0.39 is 6.10 Å². The Bertz CT molecular complexity index is 513. The first-order chi connectivity index (χ1) is 8.70. The summed E-state index contributed by atoms with van der Waals surface area (Å²) in [6, 6.07) is 10.7. The van der Waals surface area contributed by atoms with Crippen molar-refractivity contribution < 1.29 is 9.84 Å². The molecule has 4 heteroatoms. The molecule has 1 unspecified atom stereocenters. The number of aromatic nitrogens is 1. The number of hydrogen-bond donors (Lipinski definition) is 1. The SMILES string of the molecule is CCOc1ccc(C(O)c2ccnc(Cl)c2)cc1. The summed E-state index contributed by atoms with van der Waals surface area (Å²) in [5, 5.41) is 10.6. The molecule has 1 atom stereocenters. The number of halogens is 1. The Morgan fingerprint density at radius 3 is 2.56 bits per heavy atom. The van der Waals surface area contributed by atoms with Gasteiger partial charge in [0.25, 0.3) is 0 Å². The number of ether oxygens (including phenoxy) is 1. The van der Waals surface area contributed by atoms with Crippen molar-refractivity contribution in [2.24, 2.45) is 0 Å². The summed E-state index contributed by atoms with van der Waals surface area (Å²) in [5.74, 6) is 0.793. The maximum atomic E-state index is 10.2. The highest BCUT2D eigenvalue weighted by atomic mass is 35.5. The molecule has 1 aromatic heterocycles. The minimum absolute atomic E-state index is 0.373. The van der Waals surface area contributed by atoms with Crippen LogP contribution in [0.3, 0.4) is 0 Å². The molecule has 0 spiro atoms. The van der Waals surface area contributed by atoms with Crippen molar-refractivity contribution in [1.82, 2.24) is 4.98 Å². The molecule has 0 bridgehead atoms. The van der Waals surface area contributed by atoms with E-state index in [4.69, 9.17) is 16.3 Å². The Hall–Kier alpha value is -1.58. The van der Waals surface area contributed by atoms with Crippen LogP contribution in [-0.2, 0) is 0 Å². The molecule has 0 saturated heterocycles. The molecular weight excluding hydrogens is 250 g/mol. The highest BCUT2D eigenvalue weighted by Crippen LogP contribution is 2.24. The van der Waals surface area contributed by atoms with Gasteiger partial charge in [-0.1, -0.05) is 23.7 Å². The van der Waals surface area contributed by atoms with Gasteiger partial charge in [0.2, 0.25) is 0 Å². The lowest BCUT2D eigenvalue weighted by Gasteiger charge is -2.12. The van der Waals surface area contributed by atoms with Crippen LogP contribution >= 0.6 is 11.6 Å². The second-order valence-corrected chi connectivity index (χ2v) is 4.20. The first kappa shape index (κ1) is 12.9. The predicted octanol–water partition coefficient (Wildman–Crippen LogP) is 3.22. The lowest BCUT2D eigenvalue weighted by atomic mass is 10.0. The smallest absolute Gasteiger partial charge is 0.129 e. The van der Waals surface area contributed by atoms with Gasteiger partial charge in [-0.2, -0.15) is 0 Å². The molecule has 3 nitrogen and oxygen atoms in total. The van der Waals surface area contributed by atoms with E-state index in [2.05, 4.69) is 4.98 Å². The molecule has 0 amide bonds. The average Bonchev–Trinajstić information content (AvgIpc) is 2.39. The minimum Gasteiger partial charge on any atom is -0.494 e. The van der Waals surface area contributed by atoms with Crippen molar-refractivity contribution in [3.8, 4) is 5.75 Å². The van der Waals surface area contributed by atoms with E-state index in [0.717, 1.165) is 16.9 Å². The van der Waals surface area contributed by atoms with Crippen LogP contribution in [0.15, 0.2) is 42.6 Å². The molecule has 0 aliphatic carbocycles. The van der Waals surface area contributed by atoms with E-state index in [9.17, 15) is 5.11 Å². The molecule has 1 aromatic carbocycles. The number of hydrogen-bond acceptors (Lipinski definition) is 3. The fraction of sp³-hybridized carbons (Fsp3) is 0.214. The van der Waals surface area contributed by atoms with Gasteiger partial charge >= 0.3 is 0 Å². The number of rotatable bonds is 4. The number of benzene rings is 1. The zero-order chi connectivity index (χ0) is 13.0. The lowest BCUT2D eigenvalue weighted by molar-refractivity contribution is 0.220. The number of pyridine rings is 1. The van der Waals surface area contributed by atoms with Gasteiger partial charge in [-0.15, -0.1) is 0 Å². The Kier molecular flexibility index (Phi) is 4.18. The second-order valence-electron chi connectivity index (χ2n) is 3.82. The van der Waals surface area contributed by atoms with E-state index in [1.807, 2.05) is 31.2 Å². The Labute approximate surface area is 111 Å². The third kappa shape index (κ3) is 3.00. The maximum absolute atomic E-state index is 10.2. The molecule has 0 fully saturated rings. The zero-order valence-corrected chi connectivity index (χ0v) is 10.8. The molecule has 1 heterocycles. The van der Waals surface area contributed by atoms with Crippen molar-refractivity contribution >= 4 is 11.6 Å². The maximum Gasteiger partial charge on any atom is 0.129 e. The van der Waals surface area contributed by atoms with Crippen LogP contribution in [0.4, 0.5) is 0 Å². The van der Waals surface area contributed by atoms with Crippen LogP contribution in [0.1, 0.15) is 24.2 Å². The number of aliphatic hydroxyl groups excluding tert-OH is 1. The molecule has 0 aliphatic heterocycles. The molecule has 2 aromatic rings. The third-order valence-corrected chi connectivity index (χ3v) is 2.78. The fourth-order valence-corrected chi connectivity index (χ4v) is 1.88. The van der Waals surface area contributed by atoms with Crippen molar-refractivity contribution in [3.63, 3.8) is 0 Å². The Morgan fingerprint density at radius 2 is 1.94 bits per heavy atom. The molecular formula is C14H14ClNO2. The van der Waals surface area contributed by atoms with E-state index in [0.29, 0.717) is 11.8 Å². The van der Waals surface area contributed by atoms with Crippen LogP contribution in [0, 0.1) is 0 Å². The largest absolute Gasteiger partial charge is 0.494 e. The summed E-state index contributed by atoms with van der Waals surface area (Å²) in [5.41, 5.74) is 1.51. The Balaban J connectivity index is 2.20. The van der Waals surface area contributed by atoms with E-state index in [1.165, 1.54) is 0 Å². The Morgan fingerprint density at radius 1 is 1.22 bits per heavy atom. The van der Waals surface area contributed by atoms with E-state index >= 15 is 0 Å². The molecule has 18 heavy (non-hydrogen) atoms. The first-order valence-corrected chi connectivity index (χ1v) is 6.10. The van der Waals surface area contributed by atoms with Gasteiger partial charge in [-0.25, -0.2) is 4.98 Å². The molecule has 0 aliphatic rings. The quantitative estimate of drug-likeness (QED) is 0.862. The molecule has 94 valence electrons. The summed E-state index contributed by atoms with van der Waals surface area (Å²) in [7, 11) is 0. The zero-order valence-electron chi connectivity index (χ0n) is 10.0. The van der Waals surface area contributed by atoms with Crippen LogP contribution in [0.5, 0.6) is 5.75 Å². The fourth-order valence-electron chi connectivity index (χ4n) is 1.69. The number of aliphatic hydroxyl groups is 1. The van der Waals surface area contributed by atoms with Crippen LogP contribution < -0.4 is 4.74 Å². The van der Waals surface area contributed by atoms with E-state index in [-0.39, 0.29) is 0 Å². The van der Waals surface area contributed by atoms with Gasteiger partial charge in [0, 0.05) is 6.20 Å². The number of nitrogens with zero attached hydrogens (tertiary/aromatic N) is 1. The van der Waals surface area contributed by atoms with Gasteiger partial charge in [-0.05, 0) is 42.3 Å². The van der Waals surface area contributed by atoms with Gasteiger partial charge < -0.3 is 9.84 Å². The van der Waals surface area contributed by atoms with Crippen molar-refractivity contribution in [2.75, 3.05) is 6.61 Å². The topological polar surface area (TPSA) is 42.4 Å². The van der Waals surface area contributed by atoms with Gasteiger partial charge in [0.15, 0.2) is 0 Å². The molecule has 0 saturated carbocycles. The van der Waals surface area contributed by atoms with Gasteiger partial charge in [-0.3, -0.25) is 0 Å². The van der Waals surface area contributed by atoms with Crippen molar-refractivity contribution in [1.29, 1.82) is 0 Å². The van der Waals surface area contributed by atoms with Crippen LogP contribution in [0.2, 0.25) is 5.15 Å². The monoisotopic (exact) mass is 263 g/mol. The summed E-state index contributed by atoms with van der Waals surface area (Å²) >= 11 is 5.80. The third-order valence-electron chi connectivity index (χ3n) is 2.57. The van der Waals surface area contributed by atoms with Crippen molar-refractivity contribution in [3.05, 3.63) is 58.9 Å². The average molecular weight is 264 g/mol. The van der Waals surface area contributed by atoms with Crippen molar-refractivity contribution in [2.45, 2.75) is 13.0 Å². The summed E-state index contributed by atoms with van der Waals surface area (Å²) in [6.45, 7) is 2.56. The predicted molar refractivity (Wildman–Crippen MR) is 70.9 cm³/mol. The van der Waals surface area contributed by atoms with E-state index in [1.54, 1.807) is 18.3 Å².